The normalized spacial score (nSPS) is 14.9. The molecule has 0 aliphatic rings. The largest absolute Gasteiger partial charge is 0.264 e. The van der Waals surface area contributed by atoms with E-state index in [9.17, 15) is 0 Å². The van der Waals surface area contributed by atoms with Crippen LogP contribution in [-0.4, -0.2) is 6.21 Å². The van der Waals surface area contributed by atoms with Gasteiger partial charge in [0.2, 0.25) is 0 Å². The van der Waals surface area contributed by atoms with E-state index in [1.165, 1.54) is 5.57 Å². The second-order valence-corrected chi connectivity index (χ2v) is 3.40. The Morgan fingerprint density at radius 1 is 1.23 bits per heavy atom. The molecule has 0 bridgehead atoms. The van der Waals surface area contributed by atoms with Gasteiger partial charge in [-0.05, 0) is 17.4 Å². The van der Waals surface area contributed by atoms with E-state index in [-0.39, 0.29) is 0 Å². The van der Waals surface area contributed by atoms with Crippen LogP contribution in [0.1, 0.15) is 20.8 Å². The molecule has 1 atom stereocenters. The lowest BCUT2D eigenvalue weighted by atomic mass is 9.91. The van der Waals surface area contributed by atoms with Gasteiger partial charge in [-0.1, -0.05) is 46.1 Å². The maximum Gasteiger partial charge on any atom is 0.0302 e. The quantitative estimate of drug-likeness (QED) is 0.449. The third kappa shape index (κ3) is 4.46. The van der Waals surface area contributed by atoms with Gasteiger partial charge in [-0.25, -0.2) is 0 Å². The predicted octanol–water partition coefficient (Wildman–Crippen LogP) is 3.61. The third-order valence-corrected chi connectivity index (χ3v) is 2.18. The van der Waals surface area contributed by atoms with Crippen LogP contribution in [0.3, 0.4) is 0 Å². The minimum atomic E-state index is 0.500. The van der Waals surface area contributed by atoms with Crippen molar-refractivity contribution in [2.75, 3.05) is 0 Å². The molecule has 1 nitrogen and oxygen atoms in total. The Morgan fingerprint density at radius 2 is 1.85 bits per heavy atom. The van der Waals surface area contributed by atoms with Crippen molar-refractivity contribution in [3.63, 3.8) is 0 Å². The monoisotopic (exact) mass is 177 g/mol. The van der Waals surface area contributed by atoms with E-state index in [4.69, 9.17) is 0 Å². The SMILES string of the molecule is C=CC=NC=C(C=C)C(C)C(C)C. The van der Waals surface area contributed by atoms with E-state index < -0.39 is 0 Å². The number of allylic oxidation sites excluding steroid dienone is 3. The zero-order chi connectivity index (χ0) is 10.3. The first-order valence-corrected chi connectivity index (χ1v) is 4.60. The minimum absolute atomic E-state index is 0.500. The van der Waals surface area contributed by atoms with Crippen LogP contribution in [0.15, 0.2) is 42.1 Å². The number of hydrogen-bond acceptors (Lipinski definition) is 1. The molecule has 0 N–H and O–H groups in total. The van der Waals surface area contributed by atoms with Crippen LogP contribution in [0.4, 0.5) is 0 Å². The standard InChI is InChI=1S/C12H19N/c1-6-8-13-9-12(7-2)11(5)10(3)4/h6-11H,1-2H2,3-5H3. The molecule has 1 unspecified atom stereocenters. The molecule has 1 heteroatoms. The Morgan fingerprint density at radius 3 is 2.23 bits per heavy atom. The lowest BCUT2D eigenvalue weighted by Crippen LogP contribution is -2.05. The fraction of sp³-hybridized carbons (Fsp3) is 0.417. The molecule has 0 amide bonds. The molecule has 0 saturated heterocycles. The van der Waals surface area contributed by atoms with Gasteiger partial charge in [0.25, 0.3) is 0 Å². The van der Waals surface area contributed by atoms with Gasteiger partial charge in [0.15, 0.2) is 0 Å². The summed E-state index contributed by atoms with van der Waals surface area (Å²) in [4.78, 5) is 4.09. The summed E-state index contributed by atoms with van der Waals surface area (Å²) in [6, 6.07) is 0. The van der Waals surface area contributed by atoms with E-state index in [2.05, 4.69) is 38.9 Å². The number of nitrogens with zero attached hydrogens (tertiary/aromatic N) is 1. The molecule has 0 aliphatic carbocycles. The topological polar surface area (TPSA) is 12.4 Å². The average Bonchev–Trinajstić information content (AvgIpc) is 2.11. The van der Waals surface area contributed by atoms with Crippen molar-refractivity contribution in [3.8, 4) is 0 Å². The van der Waals surface area contributed by atoms with Crippen LogP contribution in [0, 0.1) is 11.8 Å². The Bertz CT molecular complexity index is 221. The van der Waals surface area contributed by atoms with Gasteiger partial charge in [0, 0.05) is 12.4 Å². The molecular weight excluding hydrogens is 158 g/mol. The first kappa shape index (κ1) is 11.9. The average molecular weight is 177 g/mol. The fourth-order valence-corrected chi connectivity index (χ4v) is 0.931. The van der Waals surface area contributed by atoms with Crippen molar-refractivity contribution in [1.29, 1.82) is 0 Å². The maximum atomic E-state index is 4.09. The van der Waals surface area contributed by atoms with Crippen molar-refractivity contribution in [2.24, 2.45) is 16.8 Å². The van der Waals surface area contributed by atoms with Gasteiger partial charge in [0.1, 0.15) is 0 Å². The lowest BCUT2D eigenvalue weighted by Gasteiger charge is -2.15. The molecular formula is C12H19N. The summed E-state index contributed by atoms with van der Waals surface area (Å²) >= 11 is 0. The van der Waals surface area contributed by atoms with Gasteiger partial charge in [-0.2, -0.15) is 0 Å². The van der Waals surface area contributed by atoms with Crippen molar-refractivity contribution in [2.45, 2.75) is 20.8 Å². The Balaban J connectivity index is 4.48. The van der Waals surface area contributed by atoms with Gasteiger partial charge in [-0.3, -0.25) is 4.99 Å². The first-order chi connectivity index (χ1) is 6.13. The van der Waals surface area contributed by atoms with Gasteiger partial charge in [-0.15, -0.1) is 0 Å². The molecule has 0 rings (SSSR count). The van der Waals surface area contributed by atoms with Crippen molar-refractivity contribution >= 4 is 6.21 Å². The van der Waals surface area contributed by atoms with Gasteiger partial charge < -0.3 is 0 Å². The molecule has 0 aliphatic heterocycles. The Hall–Kier alpha value is -1.11. The van der Waals surface area contributed by atoms with Gasteiger partial charge >= 0.3 is 0 Å². The summed E-state index contributed by atoms with van der Waals surface area (Å²) in [5, 5.41) is 0. The van der Waals surface area contributed by atoms with Crippen LogP contribution in [0.2, 0.25) is 0 Å². The molecule has 0 heterocycles. The fourth-order valence-electron chi connectivity index (χ4n) is 0.931. The van der Waals surface area contributed by atoms with Crippen LogP contribution < -0.4 is 0 Å². The number of rotatable bonds is 5. The Kier molecular flexibility index (Phi) is 5.86. The maximum absolute atomic E-state index is 4.09. The zero-order valence-corrected chi connectivity index (χ0v) is 8.83. The van der Waals surface area contributed by atoms with Crippen molar-refractivity contribution < 1.29 is 0 Å². The summed E-state index contributed by atoms with van der Waals surface area (Å²) in [6.45, 7) is 13.9. The van der Waals surface area contributed by atoms with Gasteiger partial charge in [0.05, 0.1) is 0 Å². The summed E-state index contributed by atoms with van der Waals surface area (Å²) in [6.07, 6.45) is 7.05. The lowest BCUT2D eigenvalue weighted by molar-refractivity contribution is 0.487. The molecule has 0 radical (unpaired) electrons. The highest BCUT2D eigenvalue weighted by molar-refractivity contribution is 5.70. The second kappa shape index (κ2) is 6.41. The highest BCUT2D eigenvalue weighted by Gasteiger charge is 2.09. The molecule has 0 aromatic carbocycles. The zero-order valence-electron chi connectivity index (χ0n) is 8.83. The van der Waals surface area contributed by atoms with E-state index in [1.807, 2.05) is 12.3 Å². The Labute approximate surface area is 81.6 Å². The molecule has 0 fully saturated rings. The third-order valence-electron chi connectivity index (χ3n) is 2.18. The highest BCUT2D eigenvalue weighted by Crippen LogP contribution is 2.20. The molecule has 0 spiro atoms. The van der Waals surface area contributed by atoms with E-state index in [1.54, 1.807) is 12.3 Å². The van der Waals surface area contributed by atoms with Crippen molar-refractivity contribution in [3.05, 3.63) is 37.1 Å². The summed E-state index contributed by atoms with van der Waals surface area (Å²) < 4.78 is 0. The first-order valence-electron chi connectivity index (χ1n) is 4.60. The van der Waals surface area contributed by atoms with E-state index >= 15 is 0 Å². The van der Waals surface area contributed by atoms with Crippen LogP contribution >= 0.6 is 0 Å². The van der Waals surface area contributed by atoms with Crippen LogP contribution in [0.25, 0.3) is 0 Å². The molecule has 0 aromatic rings. The predicted molar refractivity (Wildman–Crippen MR) is 61.0 cm³/mol. The molecule has 0 saturated carbocycles. The summed E-state index contributed by atoms with van der Waals surface area (Å²) in [7, 11) is 0. The second-order valence-electron chi connectivity index (χ2n) is 3.40. The number of hydrogen-bond donors (Lipinski definition) is 0. The van der Waals surface area contributed by atoms with E-state index in [0.717, 1.165) is 0 Å². The molecule has 0 aromatic heterocycles. The summed E-state index contributed by atoms with van der Waals surface area (Å²) in [5.41, 5.74) is 1.17. The minimum Gasteiger partial charge on any atom is -0.264 e. The molecule has 72 valence electrons. The molecule has 13 heavy (non-hydrogen) atoms. The highest BCUT2D eigenvalue weighted by atomic mass is 14.7. The van der Waals surface area contributed by atoms with Crippen LogP contribution in [-0.2, 0) is 0 Å². The smallest absolute Gasteiger partial charge is 0.0302 e. The number of aliphatic imine (C=N–C) groups is 1. The van der Waals surface area contributed by atoms with Crippen molar-refractivity contribution in [1.82, 2.24) is 0 Å². The summed E-state index contributed by atoms with van der Waals surface area (Å²) in [5.74, 6) is 1.11. The van der Waals surface area contributed by atoms with Crippen LogP contribution in [0.5, 0.6) is 0 Å². The van der Waals surface area contributed by atoms with E-state index in [0.29, 0.717) is 11.8 Å².